The molecule has 0 saturated carbocycles. The summed E-state index contributed by atoms with van der Waals surface area (Å²) >= 11 is 3.36. The average molecular weight is 322 g/mol. The first-order valence-corrected chi connectivity index (χ1v) is 6.10. The fourth-order valence-electron chi connectivity index (χ4n) is 1.35. The van der Waals surface area contributed by atoms with Gasteiger partial charge in [-0.1, -0.05) is 22.0 Å². The van der Waals surface area contributed by atoms with E-state index in [9.17, 15) is 4.79 Å². The first-order chi connectivity index (χ1) is 7.50. The van der Waals surface area contributed by atoms with Gasteiger partial charge in [0.25, 0.3) is 5.91 Å². The van der Waals surface area contributed by atoms with Crippen LogP contribution in [-0.4, -0.2) is 18.5 Å². The first kappa shape index (κ1) is 16.4. The highest BCUT2D eigenvalue weighted by Gasteiger charge is 2.08. The van der Waals surface area contributed by atoms with Gasteiger partial charge in [-0.3, -0.25) is 4.79 Å². The van der Waals surface area contributed by atoms with Crippen LogP contribution < -0.4 is 11.1 Å². The maximum absolute atomic E-state index is 11.8. The molecule has 0 bridgehead atoms. The molecule has 0 radical (unpaired) electrons. The number of hydrogen-bond donors (Lipinski definition) is 2. The van der Waals surface area contributed by atoms with Crippen LogP contribution in [0.2, 0.25) is 0 Å². The SMILES string of the molecule is Cc1ccc(Br)cc1C(=O)NCCC(C)N.Cl. The minimum absolute atomic E-state index is 0. The predicted octanol–water partition coefficient (Wildman–Crippen LogP) is 2.65. The lowest BCUT2D eigenvalue weighted by molar-refractivity contribution is 0.0952. The summed E-state index contributed by atoms with van der Waals surface area (Å²) in [6.07, 6.45) is 0.790. The molecule has 1 aromatic rings. The van der Waals surface area contributed by atoms with Gasteiger partial charge in [0.2, 0.25) is 0 Å². The molecular weight excluding hydrogens is 304 g/mol. The maximum Gasteiger partial charge on any atom is 0.251 e. The molecule has 0 heterocycles. The summed E-state index contributed by atoms with van der Waals surface area (Å²) in [6, 6.07) is 5.79. The third-order valence-corrected chi connectivity index (χ3v) is 2.82. The molecule has 1 atom stereocenters. The van der Waals surface area contributed by atoms with Crippen molar-refractivity contribution in [2.45, 2.75) is 26.3 Å². The van der Waals surface area contributed by atoms with Gasteiger partial charge in [-0.15, -0.1) is 12.4 Å². The molecule has 3 nitrogen and oxygen atoms in total. The molecule has 0 aromatic heterocycles. The number of carbonyl (C=O) groups excluding carboxylic acids is 1. The van der Waals surface area contributed by atoms with E-state index in [4.69, 9.17) is 5.73 Å². The molecule has 0 spiro atoms. The van der Waals surface area contributed by atoms with Gasteiger partial charge in [0.15, 0.2) is 0 Å². The molecule has 0 aliphatic carbocycles. The molecule has 17 heavy (non-hydrogen) atoms. The number of hydrogen-bond acceptors (Lipinski definition) is 2. The molecule has 0 aliphatic rings. The normalized spacial score (nSPS) is 11.5. The Kier molecular flexibility index (Phi) is 7.43. The largest absolute Gasteiger partial charge is 0.352 e. The van der Waals surface area contributed by atoms with E-state index in [-0.39, 0.29) is 24.4 Å². The van der Waals surface area contributed by atoms with Crippen LogP contribution in [0.3, 0.4) is 0 Å². The van der Waals surface area contributed by atoms with Crippen LogP contribution in [0.5, 0.6) is 0 Å². The van der Waals surface area contributed by atoms with Crippen LogP contribution in [0.25, 0.3) is 0 Å². The van der Waals surface area contributed by atoms with E-state index in [2.05, 4.69) is 21.2 Å². The van der Waals surface area contributed by atoms with Gasteiger partial charge in [0.05, 0.1) is 0 Å². The van der Waals surface area contributed by atoms with Crippen molar-refractivity contribution in [1.82, 2.24) is 5.32 Å². The molecule has 1 unspecified atom stereocenters. The van der Waals surface area contributed by atoms with Gasteiger partial charge < -0.3 is 11.1 Å². The van der Waals surface area contributed by atoms with E-state index in [1.807, 2.05) is 32.0 Å². The van der Waals surface area contributed by atoms with Crippen molar-refractivity contribution < 1.29 is 4.79 Å². The number of rotatable bonds is 4. The van der Waals surface area contributed by atoms with E-state index in [1.54, 1.807) is 0 Å². The lowest BCUT2D eigenvalue weighted by atomic mass is 10.1. The standard InChI is InChI=1S/C12H17BrN2O.ClH/c1-8-3-4-10(13)7-11(8)12(16)15-6-5-9(2)14;/h3-4,7,9H,5-6,14H2,1-2H3,(H,15,16);1H. The van der Waals surface area contributed by atoms with E-state index >= 15 is 0 Å². The van der Waals surface area contributed by atoms with Crippen molar-refractivity contribution in [3.63, 3.8) is 0 Å². The van der Waals surface area contributed by atoms with Crippen LogP contribution in [0.1, 0.15) is 29.3 Å². The zero-order valence-electron chi connectivity index (χ0n) is 10.00. The second-order valence-electron chi connectivity index (χ2n) is 3.98. The molecular formula is C12H18BrClN2O. The number of carbonyl (C=O) groups is 1. The van der Waals surface area contributed by atoms with E-state index in [0.29, 0.717) is 12.1 Å². The summed E-state index contributed by atoms with van der Waals surface area (Å²) in [5.41, 5.74) is 7.29. The summed E-state index contributed by atoms with van der Waals surface area (Å²) in [7, 11) is 0. The molecule has 5 heteroatoms. The van der Waals surface area contributed by atoms with Crippen LogP contribution >= 0.6 is 28.3 Å². The Hall–Kier alpha value is -0.580. The van der Waals surface area contributed by atoms with Gasteiger partial charge in [0, 0.05) is 22.6 Å². The van der Waals surface area contributed by atoms with Crippen molar-refractivity contribution in [2.75, 3.05) is 6.54 Å². The summed E-state index contributed by atoms with van der Waals surface area (Å²) in [6.45, 7) is 4.46. The van der Waals surface area contributed by atoms with Gasteiger partial charge in [-0.2, -0.15) is 0 Å². The Morgan fingerprint density at radius 3 is 2.76 bits per heavy atom. The topological polar surface area (TPSA) is 55.1 Å². The van der Waals surface area contributed by atoms with Crippen LogP contribution in [0.15, 0.2) is 22.7 Å². The second kappa shape index (κ2) is 7.69. The lowest BCUT2D eigenvalue weighted by Crippen LogP contribution is -2.29. The Morgan fingerprint density at radius 1 is 1.53 bits per heavy atom. The second-order valence-corrected chi connectivity index (χ2v) is 4.90. The Balaban J connectivity index is 0.00000256. The number of aryl methyl sites for hydroxylation is 1. The van der Waals surface area contributed by atoms with Crippen LogP contribution in [0.4, 0.5) is 0 Å². The van der Waals surface area contributed by atoms with E-state index < -0.39 is 0 Å². The lowest BCUT2D eigenvalue weighted by Gasteiger charge is -2.09. The van der Waals surface area contributed by atoms with Gasteiger partial charge >= 0.3 is 0 Å². The van der Waals surface area contributed by atoms with E-state index in [1.165, 1.54) is 0 Å². The first-order valence-electron chi connectivity index (χ1n) is 5.30. The number of nitrogens with one attached hydrogen (secondary N) is 1. The molecule has 96 valence electrons. The highest BCUT2D eigenvalue weighted by Crippen LogP contribution is 2.15. The number of halogens is 2. The van der Waals surface area contributed by atoms with Crippen molar-refractivity contribution in [3.8, 4) is 0 Å². The van der Waals surface area contributed by atoms with Crippen LogP contribution in [-0.2, 0) is 0 Å². The number of nitrogens with two attached hydrogens (primary N) is 1. The zero-order valence-corrected chi connectivity index (χ0v) is 12.4. The van der Waals surface area contributed by atoms with Gasteiger partial charge in [0.1, 0.15) is 0 Å². The predicted molar refractivity (Wildman–Crippen MR) is 76.7 cm³/mol. The van der Waals surface area contributed by atoms with Crippen LogP contribution in [0, 0.1) is 6.92 Å². The third kappa shape index (κ3) is 5.52. The van der Waals surface area contributed by atoms with Crippen molar-refractivity contribution in [2.24, 2.45) is 5.73 Å². The highest BCUT2D eigenvalue weighted by atomic mass is 79.9. The number of amides is 1. The van der Waals surface area contributed by atoms with Gasteiger partial charge in [-0.25, -0.2) is 0 Å². The Morgan fingerprint density at radius 2 is 2.18 bits per heavy atom. The molecule has 0 fully saturated rings. The third-order valence-electron chi connectivity index (χ3n) is 2.33. The summed E-state index contributed by atoms with van der Waals surface area (Å²) in [4.78, 5) is 11.8. The summed E-state index contributed by atoms with van der Waals surface area (Å²) in [5.74, 6) is -0.0422. The summed E-state index contributed by atoms with van der Waals surface area (Å²) < 4.78 is 0.912. The minimum atomic E-state index is -0.0422. The van der Waals surface area contributed by atoms with Crippen molar-refractivity contribution in [1.29, 1.82) is 0 Å². The van der Waals surface area contributed by atoms with Crippen molar-refractivity contribution >= 4 is 34.2 Å². The summed E-state index contributed by atoms with van der Waals surface area (Å²) in [5, 5.41) is 2.86. The van der Waals surface area contributed by atoms with E-state index in [0.717, 1.165) is 16.5 Å². The van der Waals surface area contributed by atoms with Gasteiger partial charge in [-0.05, 0) is 38.0 Å². The minimum Gasteiger partial charge on any atom is -0.352 e. The molecule has 3 N–H and O–H groups in total. The highest BCUT2D eigenvalue weighted by molar-refractivity contribution is 9.10. The smallest absolute Gasteiger partial charge is 0.251 e. The maximum atomic E-state index is 11.8. The fraction of sp³-hybridized carbons (Fsp3) is 0.417. The Bertz CT molecular complexity index is 383. The average Bonchev–Trinajstić information content (AvgIpc) is 2.21. The Labute approximate surface area is 117 Å². The molecule has 1 amide bonds. The zero-order chi connectivity index (χ0) is 12.1. The fourth-order valence-corrected chi connectivity index (χ4v) is 1.71. The number of benzene rings is 1. The monoisotopic (exact) mass is 320 g/mol. The molecule has 1 rings (SSSR count). The molecule has 1 aromatic carbocycles. The molecule has 0 saturated heterocycles. The quantitative estimate of drug-likeness (QED) is 0.896. The molecule has 0 aliphatic heterocycles. The van der Waals surface area contributed by atoms with Crippen molar-refractivity contribution in [3.05, 3.63) is 33.8 Å².